The molecule has 0 radical (unpaired) electrons. The van der Waals surface area contributed by atoms with E-state index in [4.69, 9.17) is 10.00 Å². The van der Waals surface area contributed by atoms with E-state index in [0.717, 1.165) is 0 Å². The topological polar surface area (TPSA) is 73.1 Å². The van der Waals surface area contributed by atoms with Gasteiger partial charge in [-0.05, 0) is 19.8 Å². The summed E-state index contributed by atoms with van der Waals surface area (Å²) < 4.78 is 4.95. The predicted octanol–water partition coefficient (Wildman–Crippen LogP) is 0.00138. The summed E-state index contributed by atoms with van der Waals surface area (Å²) in [6.07, 6.45) is 2.61. The minimum absolute atomic E-state index is 0.0675. The van der Waals surface area contributed by atoms with E-state index >= 15 is 0 Å². The molecule has 0 fully saturated rings. The molecule has 4 nitrogen and oxygen atoms in total. The van der Waals surface area contributed by atoms with Crippen molar-refractivity contribution in [2.24, 2.45) is 0 Å². The lowest BCUT2D eigenvalue weighted by Crippen LogP contribution is -2.23. The van der Waals surface area contributed by atoms with E-state index in [2.05, 4.69) is 0 Å². The number of nitrogens with zero attached hydrogens (tertiary/aromatic N) is 1. The summed E-state index contributed by atoms with van der Waals surface area (Å²) in [6.45, 7) is 1.87. The molecule has 0 bridgehead atoms. The monoisotopic (exact) mass is 182 g/mol. The molecule has 0 aliphatic rings. The van der Waals surface area contributed by atoms with Crippen LogP contribution in [0.3, 0.4) is 0 Å². The van der Waals surface area contributed by atoms with Crippen LogP contribution in [-0.2, 0) is 9.53 Å². The summed E-state index contributed by atoms with van der Waals surface area (Å²) >= 11 is 0. The van der Waals surface area contributed by atoms with E-state index in [0.29, 0.717) is 12.8 Å². The largest absolute Gasteiger partial charge is 0.544 e. The van der Waals surface area contributed by atoms with E-state index in [1.165, 1.54) is 6.08 Å². The highest BCUT2D eigenvalue weighted by molar-refractivity contribution is 5.89. The van der Waals surface area contributed by atoms with Crippen LogP contribution in [0, 0.1) is 11.3 Å². The third-order valence-corrected chi connectivity index (χ3v) is 1.66. The Morgan fingerprint density at radius 2 is 2.38 bits per heavy atom. The Bertz CT molecular complexity index is 240. The number of aliphatic carboxylic acids is 1. The standard InChI is InChI=1S/C9H13NO3/c1-7(13-2)4-3-5-8(6-10)9(11)12/h5,7H,3-4H2,1-2H3,(H,11,12)/p-1/b8-5+. The highest BCUT2D eigenvalue weighted by Gasteiger charge is 1.99. The van der Waals surface area contributed by atoms with Gasteiger partial charge in [-0.2, -0.15) is 5.26 Å². The summed E-state index contributed by atoms with van der Waals surface area (Å²) in [7, 11) is 1.58. The van der Waals surface area contributed by atoms with Gasteiger partial charge >= 0.3 is 0 Å². The van der Waals surface area contributed by atoms with E-state index in [1.54, 1.807) is 13.2 Å². The van der Waals surface area contributed by atoms with E-state index in [1.807, 2.05) is 6.92 Å². The molecule has 0 saturated heterocycles. The number of carbonyl (C=O) groups is 1. The van der Waals surface area contributed by atoms with Crippen molar-refractivity contribution in [2.75, 3.05) is 7.11 Å². The molecule has 1 atom stereocenters. The SMILES string of the molecule is COC(C)CC/C=C(\C#N)C(=O)[O-]. The number of hydrogen-bond donors (Lipinski definition) is 0. The maximum Gasteiger partial charge on any atom is 0.101 e. The zero-order chi connectivity index (χ0) is 10.3. The Hall–Kier alpha value is -1.34. The molecule has 0 amide bonds. The fraction of sp³-hybridized carbons (Fsp3) is 0.556. The van der Waals surface area contributed by atoms with Crippen LogP contribution in [-0.4, -0.2) is 19.2 Å². The molecule has 0 aromatic carbocycles. The summed E-state index contributed by atoms with van der Waals surface area (Å²) in [5.41, 5.74) is -0.316. The number of ether oxygens (including phenoxy) is 1. The molecule has 0 rings (SSSR count). The van der Waals surface area contributed by atoms with Gasteiger partial charge < -0.3 is 14.6 Å². The molecule has 0 aliphatic heterocycles. The normalized spacial score (nSPS) is 13.5. The number of carbonyl (C=O) groups excluding carboxylic acids is 1. The van der Waals surface area contributed by atoms with Crippen molar-refractivity contribution in [3.8, 4) is 6.07 Å². The fourth-order valence-corrected chi connectivity index (χ4v) is 0.755. The lowest BCUT2D eigenvalue weighted by atomic mass is 10.1. The molecule has 13 heavy (non-hydrogen) atoms. The lowest BCUT2D eigenvalue weighted by Gasteiger charge is -2.06. The van der Waals surface area contributed by atoms with Crippen molar-refractivity contribution in [1.29, 1.82) is 5.26 Å². The maximum absolute atomic E-state index is 10.2. The number of rotatable bonds is 5. The van der Waals surface area contributed by atoms with Crippen molar-refractivity contribution in [3.63, 3.8) is 0 Å². The third-order valence-electron chi connectivity index (χ3n) is 1.66. The highest BCUT2D eigenvalue weighted by atomic mass is 16.5. The van der Waals surface area contributed by atoms with Crippen molar-refractivity contribution < 1.29 is 14.6 Å². The maximum atomic E-state index is 10.2. The first-order chi connectivity index (χ1) is 6.11. The summed E-state index contributed by atoms with van der Waals surface area (Å²) in [6, 6.07) is 1.55. The quantitative estimate of drug-likeness (QED) is 0.443. The Kier molecular flexibility index (Phi) is 5.57. The van der Waals surface area contributed by atoms with Gasteiger partial charge in [-0.1, -0.05) is 6.08 Å². The molecule has 0 heterocycles. The Labute approximate surface area is 77.4 Å². The van der Waals surface area contributed by atoms with Gasteiger partial charge in [0.05, 0.1) is 17.6 Å². The molecule has 0 aliphatic carbocycles. The van der Waals surface area contributed by atoms with E-state index < -0.39 is 5.97 Å². The van der Waals surface area contributed by atoms with Crippen molar-refractivity contribution in [1.82, 2.24) is 0 Å². The third kappa shape index (κ3) is 4.99. The van der Waals surface area contributed by atoms with Crippen LogP contribution in [0.1, 0.15) is 19.8 Å². The molecule has 72 valence electrons. The number of hydrogen-bond acceptors (Lipinski definition) is 4. The average Bonchev–Trinajstić information content (AvgIpc) is 2.11. The first-order valence-corrected chi connectivity index (χ1v) is 3.96. The van der Waals surface area contributed by atoms with Gasteiger partial charge in [-0.3, -0.25) is 0 Å². The van der Waals surface area contributed by atoms with Gasteiger partial charge in [0.25, 0.3) is 0 Å². The second-order valence-corrected chi connectivity index (χ2v) is 2.64. The number of methoxy groups -OCH3 is 1. The molecule has 0 spiro atoms. The second-order valence-electron chi connectivity index (χ2n) is 2.64. The van der Waals surface area contributed by atoms with Crippen molar-refractivity contribution >= 4 is 5.97 Å². The van der Waals surface area contributed by atoms with Crippen LogP contribution in [0.4, 0.5) is 0 Å². The van der Waals surface area contributed by atoms with Crippen LogP contribution >= 0.6 is 0 Å². The first-order valence-electron chi connectivity index (χ1n) is 3.96. The molecular weight excluding hydrogens is 170 g/mol. The second kappa shape index (κ2) is 6.21. The molecule has 0 saturated carbocycles. The zero-order valence-electron chi connectivity index (χ0n) is 7.74. The van der Waals surface area contributed by atoms with E-state index in [9.17, 15) is 9.90 Å². The van der Waals surface area contributed by atoms with Crippen LogP contribution < -0.4 is 5.11 Å². The Morgan fingerprint density at radius 3 is 2.77 bits per heavy atom. The molecular formula is C9H12NO3-. The van der Waals surface area contributed by atoms with Gasteiger partial charge in [0.1, 0.15) is 6.07 Å². The summed E-state index contributed by atoms with van der Waals surface area (Å²) in [5.74, 6) is -1.42. The Balaban J connectivity index is 3.96. The van der Waals surface area contributed by atoms with Gasteiger partial charge in [-0.25, -0.2) is 0 Å². The van der Waals surface area contributed by atoms with Crippen LogP contribution in [0.25, 0.3) is 0 Å². The van der Waals surface area contributed by atoms with Crippen molar-refractivity contribution in [3.05, 3.63) is 11.6 Å². The molecule has 0 N–H and O–H groups in total. The van der Waals surface area contributed by atoms with E-state index in [-0.39, 0.29) is 11.7 Å². The average molecular weight is 182 g/mol. The van der Waals surface area contributed by atoms with Gasteiger partial charge in [0, 0.05) is 7.11 Å². The molecule has 0 aromatic heterocycles. The minimum atomic E-state index is -1.42. The fourth-order valence-electron chi connectivity index (χ4n) is 0.755. The summed E-state index contributed by atoms with van der Waals surface area (Å²) in [4.78, 5) is 10.2. The number of nitriles is 1. The smallest absolute Gasteiger partial charge is 0.101 e. The number of carboxylic acids is 1. The molecule has 0 aromatic rings. The van der Waals surface area contributed by atoms with Gasteiger partial charge in [0.15, 0.2) is 0 Å². The summed E-state index contributed by atoms with van der Waals surface area (Å²) in [5, 5.41) is 18.6. The van der Waals surface area contributed by atoms with Crippen LogP contribution in [0.2, 0.25) is 0 Å². The lowest BCUT2D eigenvalue weighted by molar-refractivity contribution is -0.298. The molecule has 4 heteroatoms. The number of allylic oxidation sites excluding steroid dienone is 1. The van der Waals surface area contributed by atoms with Gasteiger partial charge in [0.2, 0.25) is 0 Å². The molecule has 1 unspecified atom stereocenters. The van der Waals surface area contributed by atoms with Crippen LogP contribution in [0.5, 0.6) is 0 Å². The Morgan fingerprint density at radius 1 is 1.77 bits per heavy atom. The van der Waals surface area contributed by atoms with Crippen LogP contribution in [0.15, 0.2) is 11.6 Å². The first kappa shape index (κ1) is 11.7. The number of carboxylic acid groups (broad SMARTS) is 1. The predicted molar refractivity (Wildman–Crippen MR) is 44.4 cm³/mol. The zero-order valence-corrected chi connectivity index (χ0v) is 7.74. The van der Waals surface area contributed by atoms with Crippen molar-refractivity contribution in [2.45, 2.75) is 25.9 Å². The highest BCUT2D eigenvalue weighted by Crippen LogP contribution is 2.03. The van der Waals surface area contributed by atoms with Gasteiger partial charge in [-0.15, -0.1) is 0 Å². The minimum Gasteiger partial charge on any atom is -0.544 e.